The van der Waals surface area contributed by atoms with Gasteiger partial charge in [-0.1, -0.05) is 26.8 Å². The molecule has 4 atom stereocenters. The number of carbonyl (C=O) groups is 1. The third-order valence-corrected chi connectivity index (χ3v) is 14.4. The van der Waals surface area contributed by atoms with E-state index in [1.807, 2.05) is 0 Å². The Balaban J connectivity index is 1.74. The van der Waals surface area contributed by atoms with E-state index in [4.69, 9.17) is 13.6 Å². The van der Waals surface area contributed by atoms with E-state index in [9.17, 15) is 4.79 Å². The fourth-order valence-electron chi connectivity index (χ4n) is 6.76. The summed E-state index contributed by atoms with van der Waals surface area (Å²) in [6.07, 6.45) is 2.69. The van der Waals surface area contributed by atoms with Crippen LogP contribution in [0.15, 0.2) is 12.1 Å². The quantitative estimate of drug-likeness (QED) is 0.541. The zero-order valence-corrected chi connectivity index (χ0v) is 23.9. The molecular weight excluding hydrogens is 446 g/mol. The Kier molecular flexibility index (Phi) is 4.97. The molecule has 2 bridgehead atoms. The summed E-state index contributed by atoms with van der Waals surface area (Å²) < 4.78 is 20.8. The topological polar surface area (TPSA) is 48.0 Å². The Hall–Kier alpha value is -1.16. The van der Waals surface area contributed by atoms with Gasteiger partial charge in [-0.15, -0.1) is 0 Å². The molecule has 5 rings (SSSR count). The first-order valence-corrected chi connectivity index (χ1v) is 18.9. The lowest BCUT2D eigenvalue weighted by Gasteiger charge is -2.65. The molecule has 2 aliphatic carbocycles. The molecule has 1 aromatic carbocycles. The number of likely N-dealkylation sites (tertiary alicyclic amines) is 1. The van der Waals surface area contributed by atoms with Gasteiger partial charge in [-0.05, 0) is 82.3 Å². The summed E-state index contributed by atoms with van der Waals surface area (Å²) in [5, 5.41) is 0.0818. The van der Waals surface area contributed by atoms with Crippen LogP contribution < -0.4 is 9.16 Å². The van der Waals surface area contributed by atoms with E-state index < -0.39 is 28.2 Å². The monoisotopic (exact) mass is 487 g/mol. The summed E-state index contributed by atoms with van der Waals surface area (Å²) in [7, 11) is -1.75. The average molecular weight is 488 g/mol. The minimum absolute atomic E-state index is 0.0818. The van der Waals surface area contributed by atoms with Crippen LogP contribution in [0, 0.1) is 0 Å². The molecule has 2 aliphatic heterocycles. The highest BCUT2D eigenvalue weighted by atomic mass is 28.4. The molecule has 33 heavy (non-hydrogen) atoms. The molecule has 1 saturated carbocycles. The lowest BCUT2D eigenvalue weighted by Crippen LogP contribution is -2.78. The van der Waals surface area contributed by atoms with Crippen molar-refractivity contribution in [1.29, 1.82) is 0 Å². The van der Waals surface area contributed by atoms with E-state index >= 15 is 0 Å². The van der Waals surface area contributed by atoms with Crippen molar-refractivity contribution >= 4 is 22.4 Å². The van der Waals surface area contributed by atoms with Crippen LogP contribution in [-0.4, -0.2) is 58.7 Å². The van der Waals surface area contributed by atoms with Crippen LogP contribution in [-0.2, 0) is 21.1 Å². The standard InChI is InChI=1S/C26H41NO4Si2/c1-24(2,3)33(8,9)30-19-11-10-17-16-20-26(31-32(5,6)7)13-12-18(28)23-25(26,14-15-27(20)4)21(17)22(19)29-23/h10-11,20,23H,12-16H2,1-9H3/t20-,23+,25+,26?/m1/s1. The van der Waals surface area contributed by atoms with E-state index in [0.717, 1.165) is 37.3 Å². The number of hydrogen-bond acceptors (Lipinski definition) is 5. The third-order valence-electron chi connectivity index (χ3n) is 9.13. The van der Waals surface area contributed by atoms with Gasteiger partial charge in [-0.3, -0.25) is 4.79 Å². The maximum atomic E-state index is 13.5. The van der Waals surface area contributed by atoms with Gasteiger partial charge < -0.3 is 18.5 Å². The van der Waals surface area contributed by atoms with Gasteiger partial charge in [0.05, 0.1) is 11.0 Å². The number of likely N-dealkylation sites (N-methyl/N-ethyl adjacent to an activating group) is 1. The number of ketones is 1. The van der Waals surface area contributed by atoms with Crippen LogP contribution in [0.25, 0.3) is 0 Å². The van der Waals surface area contributed by atoms with E-state index in [1.54, 1.807) is 0 Å². The molecule has 1 aromatic rings. The number of ether oxygens (including phenoxy) is 1. The normalized spacial score (nSPS) is 33.5. The number of piperidine rings is 1. The Bertz CT molecular complexity index is 1010. The van der Waals surface area contributed by atoms with Crippen LogP contribution in [0.4, 0.5) is 0 Å². The highest BCUT2D eigenvalue weighted by Gasteiger charge is 2.74. The van der Waals surface area contributed by atoms with Gasteiger partial charge in [0, 0.05) is 18.0 Å². The molecule has 1 saturated heterocycles. The van der Waals surface area contributed by atoms with Gasteiger partial charge in [0.15, 0.2) is 26.0 Å². The predicted molar refractivity (Wildman–Crippen MR) is 137 cm³/mol. The number of hydrogen-bond donors (Lipinski definition) is 0. The largest absolute Gasteiger partial charge is 0.541 e. The molecule has 182 valence electrons. The predicted octanol–water partition coefficient (Wildman–Crippen LogP) is 5.28. The van der Waals surface area contributed by atoms with Gasteiger partial charge in [0.2, 0.25) is 0 Å². The van der Waals surface area contributed by atoms with Crippen molar-refractivity contribution < 1.29 is 18.4 Å². The highest BCUT2D eigenvalue weighted by molar-refractivity contribution is 6.74. The SMILES string of the molecule is CN1CC[C@]23c4c5ccc(O[Si](C)(C)C(C)(C)C)c4O[C@H]2C(=O)CCC3(O[Si](C)(C)C)[C@H]1C5. The Morgan fingerprint density at radius 2 is 1.82 bits per heavy atom. The number of Topliss-reactive ketones (excluding diaryl/α,β-unsaturated/α-hetero) is 1. The molecule has 2 heterocycles. The molecule has 5 nitrogen and oxygen atoms in total. The summed E-state index contributed by atoms with van der Waals surface area (Å²) in [5.41, 5.74) is 1.77. The smallest absolute Gasteiger partial charge is 0.250 e. The van der Waals surface area contributed by atoms with Crippen molar-refractivity contribution in [2.24, 2.45) is 0 Å². The van der Waals surface area contributed by atoms with Crippen molar-refractivity contribution in [2.45, 2.75) is 107 Å². The van der Waals surface area contributed by atoms with E-state index in [-0.39, 0.29) is 22.5 Å². The average Bonchev–Trinajstić information content (AvgIpc) is 3.02. The highest BCUT2D eigenvalue weighted by Crippen LogP contribution is 2.66. The second-order valence-corrected chi connectivity index (χ2v) is 22.4. The summed E-state index contributed by atoms with van der Waals surface area (Å²) >= 11 is 0. The number of benzene rings is 1. The molecule has 1 unspecified atom stereocenters. The van der Waals surface area contributed by atoms with E-state index in [2.05, 4.69) is 77.6 Å². The molecule has 1 spiro atoms. The van der Waals surface area contributed by atoms with Crippen molar-refractivity contribution in [3.63, 3.8) is 0 Å². The first kappa shape index (κ1) is 23.6. The van der Waals surface area contributed by atoms with Gasteiger partial charge in [-0.25, -0.2) is 0 Å². The van der Waals surface area contributed by atoms with Crippen molar-refractivity contribution in [2.75, 3.05) is 13.6 Å². The summed E-state index contributed by atoms with van der Waals surface area (Å²) in [6.45, 7) is 19.1. The van der Waals surface area contributed by atoms with Crippen molar-refractivity contribution in [1.82, 2.24) is 4.90 Å². The summed E-state index contributed by atoms with van der Waals surface area (Å²) in [5.74, 6) is 1.90. The van der Waals surface area contributed by atoms with Gasteiger partial charge in [-0.2, -0.15) is 0 Å². The van der Waals surface area contributed by atoms with Gasteiger partial charge in [0.25, 0.3) is 8.32 Å². The molecule has 0 radical (unpaired) electrons. The van der Waals surface area contributed by atoms with Gasteiger partial charge in [0.1, 0.15) is 5.75 Å². The van der Waals surface area contributed by atoms with Crippen LogP contribution >= 0.6 is 0 Å². The Morgan fingerprint density at radius 1 is 1.12 bits per heavy atom. The Morgan fingerprint density at radius 3 is 2.45 bits per heavy atom. The first-order chi connectivity index (χ1) is 15.1. The maximum Gasteiger partial charge on any atom is 0.250 e. The fourth-order valence-corrected chi connectivity index (χ4v) is 9.29. The summed E-state index contributed by atoms with van der Waals surface area (Å²) in [4.78, 5) is 15.9. The molecule has 0 aromatic heterocycles. The van der Waals surface area contributed by atoms with Crippen LogP contribution in [0.2, 0.25) is 37.8 Å². The minimum atomic E-state index is -2.07. The van der Waals surface area contributed by atoms with Crippen LogP contribution in [0.5, 0.6) is 11.5 Å². The Labute approximate surface area is 201 Å². The van der Waals surface area contributed by atoms with Crippen LogP contribution in [0.1, 0.15) is 51.2 Å². The number of carbonyl (C=O) groups excluding carboxylic acids is 1. The minimum Gasteiger partial charge on any atom is -0.541 e. The molecule has 0 N–H and O–H groups in total. The second kappa shape index (κ2) is 6.96. The fraction of sp³-hybridized carbons (Fsp3) is 0.731. The zero-order valence-electron chi connectivity index (χ0n) is 21.9. The van der Waals surface area contributed by atoms with Gasteiger partial charge >= 0.3 is 0 Å². The van der Waals surface area contributed by atoms with Crippen LogP contribution in [0.3, 0.4) is 0 Å². The maximum absolute atomic E-state index is 13.5. The van der Waals surface area contributed by atoms with E-state index in [0.29, 0.717) is 6.42 Å². The van der Waals surface area contributed by atoms with Crippen molar-refractivity contribution in [3.05, 3.63) is 23.3 Å². The third kappa shape index (κ3) is 3.11. The summed E-state index contributed by atoms with van der Waals surface area (Å²) in [6, 6.07) is 4.62. The number of rotatable bonds is 4. The first-order valence-electron chi connectivity index (χ1n) is 12.6. The lowest BCUT2D eigenvalue weighted by molar-refractivity contribution is -0.177. The number of nitrogens with zero attached hydrogens (tertiary/aromatic N) is 1. The zero-order chi connectivity index (χ0) is 24.2. The second-order valence-electron chi connectivity index (χ2n) is 13.3. The molecule has 0 amide bonds. The van der Waals surface area contributed by atoms with E-state index in [1.165, 1.54) is 11.1 Å². The molecular formula is C26H41NO4Si2. The molecule has 2 fully saturated rings. The lowest BCUT2D eigenvalue weighted by atomic mass is 9.49. The van der Waals surface area contributed by atoms with Crippen molar-refractivity contribution in [3.8, 4) is 11.5 Å². The molecule has 4 aliphatic rings. The molecule has 7 heteroatoms.